The van der Waals surface area contributed by atoms with Gasteiger partial charge in [-0.15, -0.1) is 10.2 Å². The number of benzene rings is 1. The number of aromatic nitrogens is 3. The van der Waals surface area contributed by atoms with E-state index in [-0.39, 0.29) is 0 Å². The molecule has 0 aliphatic rings. The number of carboxylic acids is 1. The third-order valence-electron chi connectivity index (χ3n) is 3.24. The van der Waals surface area contributed by atoms with Crippen LogP contribution in [0, 0.1) is 0 Å². The van der Waals surface area contributed by atoms with E-state index < -0.39 is 5.97 Å². The van der Waals surface area contributed by atoms with Gasteiger partial charge in [-0.25, -0.2) is 4.79 Å². The van der Waals surface area contributed by atoms with E-state index in [4.69, 9.17) is 5.11 Å². The summed E-state index contributed by atoms with van der Waals surface area (Å²) in [5.41, 5.74) is 1.28. The Balaban J connectivity index is 2.04. The molecule has 1 aromatic heterocycles. The molecule has 6 heteroatoms. The number of rotatable bonds is 6. The van der Waals surface area contributed by atoms with Crippen LogP contribution in [0.25, 0.3) is 0 Å². The van der Waals surface area contributed by atoms with Crippen molar-refractivity contribution in [2.45, 2.75) is 33.0 Å². The van der Waals surface area contributed by atoms with E-state index >= 15 is 0 Å². The van der Waals surface area contributed by atoms with Gasteiger partial charge in [0.25, 0.3) is 0 Å². The average Bonchev–Trinajstić information content (AvgIpc) is 2.87. The minimum absolute atomic E-state index is 0.311. The fraction of sp³-hybridized carbons (Fsp3) is 0.400. The van der Waals surface area contributed by atoms with E-state index in [1.54, 1.807) is 24.5 Å². The zero-order chi connectivity index (χ0) is 15.4. The third kappa shape index (κ3) is 3.88. The summed E-state index contributed by atoms with van der Waals surface area (Å²) in [4.78, 5) is 13.1. The molecule has 0 radical (unpaired) electrons. The molecule has 0 bridgehead atoms. The normalized spacial score (nSPS) is 11.3. The van der Waals surface area contributed by atoms with Crippen LogP contribution in [0.4, 0.5) is 0 Å². The molecule has 1 aromatic carbocycles. The lowest BCUT2D eigenvalue weighted by Crippen LogP contribution is -2.20. The fourth-order valence-corrected chi connectivity index (χ4v) is 2.22. The smallest absolute Gasteiger partial charge is 0.335 e. The summed E-state index contributed by atoms with van der Waals surface area (Å²) < 4.78 is 2.03. The summed E-state index contributed by atoms with van der Waals surface area (Å²) in [5, 5.41) is 17.1. The van der Waals surface area contributed by atoms with Crippen molar-refractivity contribution in [1.82, 2.24) is 19.7 Å². The molecule has 0 saturated heterocycles. The minimum atomic E-state index is -0.904. The molecule has 112 valence electrons. The first-order valence-corrected chi connectivity index (χ1v) is 6.86. The van der Waals surface area contributed by atoms with E-state index in [9.17, 15) is 4.79 Å². The number of aromatic carboxylic acids is 1. The lowest BCUT2D eigenvalue weighted by Gasteiger charge is -2.18. The van der Waals surface area contributed by atoms with Gasteiger partial charge >= 0.3 is 5.97 Å². The maximum atomic E-state index is 11.0. The first kappa shape index (κ1) is 15.2. The molecule has 21 heavy (non-hydrogen) atoms. The quantitative estimate of drug-likeness (QED) is 0.882. The van der Waals surface area contributed by atoms with Crippen LogP contribution in [-0.2, 0) is 13.1 Å². The molecule has 0 spiro atoms. The van der Waals surface area contributed by atoms with Crippen molar-refractivity contribution in [3.05, 3.63) is 47.5 Å². The van der Waals surface area contributed by atoms with Gasteiger partial charge in [0, 0.05) is 12.6 Å². The predicted octanol–water partition coefficient (Wildman–Crippen LogP) is 2.19. The van der Waals surface area contributed by atoms with Crippen molar-refractivity contribution < 1.29 is 9.90 Å². The highest BCUT2D eigenvalue weighted by Crippen LogP contribution is 2.12. The van der Waals surface area contributed by atoms with Crippen molar-refractivity contribution in [3.8, 4) is 0 Å². The maximum Gasteiger partial charge on any atom is 0.335 e. The summed E-state index contributed by atoms with van der Waals surface area (Å²) in [7, 11) is 1.98. The van der Waals surface area contributed by atoms with Crippen LogP contribution < -0.4 is 0 Å². The van der Waals surface area contributed by atoms with Gasteiger partial charge in [0.2, 0.25) is 0 Å². The molecule has 2 rings (SSSR count). The van der Waals surface area contributed by atoms with Crippen molar-refractivity contribution in [2.75, 3.05) is 7.05 Å². The van der Waals surface area contributed by atoms with Gasteiger partial charge in [-0.2, -0.15) is 0 Å². The van der Waals surface area contributed by atoms with E-state index in [2.05, 4.69) is 28.9 Å². The molecule has 0 aliphatic heterocycles. The second-order valence-electron chi connectivity index (χ2n) is 5.43. The molecule has 0 unspecified atom stereocenters. The number of carbonyl (C=O) groups is 1. The largest absolute Gasteiger partial charge is 0.478 e. The molecule has 1 N–H and O–H groups in total. The summed E-state index contributed by atoms with van der Waals surface area (Å²) in [6.45, 7) is 5.49. The zero-order valence-corrected chi connectivity index (χ0v) is 12.5. The Bertz CT molecular complexity index is 622. The van der Waals surface area contributed by atoms with Crippen LogP contribution in [0.5, 0.6) is 0 Å². The summed E-state index contributed by atoms with van der Waals surface area (Å²) >= 11 is 0. The van der Waals surface area contributed by atoms with Crippen molar-refractivity contribution in [2.24, 2.45) is 0 Å². The van der Waals surface area contributed by atoms with Gasteiger partial charge in [-0.3, -0.25) is 4.90 Å². The van der Waals surface area contributed by atoms with E-state index in [0.29, 0.717) is 24.7 Å². The van der Waals surface area contributed by atoms with Crippen LogP contribution in [0.1, 0.15) is 41.6 Å². The van der Waals surface area contributed by atoms with E-state index in [1.807, 2.05) is 17.7 Å². The highest BCUT2D eigenvalue weighted by molar-refractivity contribution is 5.87. The maximum absolute atomic E-state index is 11.0. The molecule has 0 amide bonds. The number of hydrogen-bond acceptors (Lipinski definition) is 4. The molecule has 6 nitrogen and oxygen atoms in total. The number of hydrogen-bond donors (Lipinski definition) is 1. The Labute approximate surface area is 124 Å². The predicted molar refractivity (Wildman–Crippen MR) is 79.0 cm³/mol. The van der Waals surface area contributed by atoms with Crippen LogP contribution >= 0.6 is 0 Å². The Morgan fingerprint density at radius 1 is 1.38 bits per heavy atom. The van der Waals surface area contributed by atoms with Crippen molar-refractivity contribution in [1.29, 1.82) is 0 Å². The van der Waals surface area contributed by atoms with Gasteiger partial charge in [-0.05, 0) is 38.6 Å². The van der Waals surface area contributed by atoms with Gasteiger partial charge in [0.05, 0.1) is 12.1 Å². The lowest BCUT2D eigenvalue weighted by atomic mass is 10.1. The van der Waals surface area contributed by atoms with Gasteiger partial charge < -0.3 is 9.67 Å². The van der Waals surface area contributed by atoms with Crippen LogP contribution in [-0.4, -0.2) is 37.8 Å². The van der Waals surface area contributed by atoms with E-state index in [1.165, 1.54) is 0 Å². The molecule has 0 aliphatic carbocycles. The zero-order valence-electron chi connectivity index (χ0n) is 12.5. The Morgan fingerprint density at radius 3 is 2.81 bits per heavy atom. The molecule has 2 aromatic rings. The van der Waals surface area contributed by atoms with Crippen LogP contribution in [0.2, 0.25) is 0 Å². The van der Waals surface area contributed by atoms with Gasteiger partial charge in [0.1, 0.15) is 12.2 Å². The van der Waals surface area contributed by atoms with Crippen LogP contribution in [0.3, 0.4) is 0 Å². The first-order chi connectivity index (χ1) is 9.97. The van der Waals surface area contributed by atoms with Crippen LogP contribution in [0.15, 0.2) is 30.6 Å². The Morgan fingerprint density at radius 2 is 2.14 bits per heavy atom. The average molecular weight is 288 g/mol. The highest BCUT2D eigenvalue weighted by Gasteiger charge is 2.11. The summed E-state index contributed by atoms with van der Waals surface area (Å²) in [6.07, 6.45) is 1.74. The lowest BCUT2D eigenvalue weighted by molar-refractivity contribution is 0.0696. The number of carboxylic acid groups (broad SMARTS) is 1. The minimum Gasteiger partial charge on any atom is -0.478 e. The Hall–Kier alpha value is -2.21. The van der Waals surface area contributed by atoms with Crippen molar-refractivity contribution >= 4 is 5.97 Å². The molecule has 0 saturated carbocycles. The molecule has 1 heterocycles. The third-order valence-corrected chi connectivity index (χ3v) is 3.24. The number of nitrogens with zero attached hydrogens (tertiary/aromatic N) is 4. The van der Waals surface area contributed by atoms with Crippen molar-refractivity contribution in [3.63, 3.8) is 0 Å². The van der Waals surface area contributed by atoms with Gasteiger partial charge in [-0.1, -0.05) is 12.1 Å². The fourth-order valence-electron chi connectivity index (χ4n) is 2.22. The molecule has 0 atom stereocenters. The molecular formula is C15H20N4O2. The van der Waals surface area contributed by atoms with E-state index in [0.717, 1.165) is 11.4 Å². The first-order valence-electron chi connectivity index (χ1n) is 6.86. The molecule has 0 fully saturated rings. The topological polar surface area (TPSA) is 71.2 Å². The SMILES string of the molecule is CC(C)n1cnnc1CN(C)Cc1cccc(C(=O)O)c1. The monoisotopic (exact) mass is 288 g/mol. The highest BCUT2D eigenvalue weighted by atomic mass is 16.4. The standard InChI is InChI=1S/C15H20N4O2/c1-11(2)19-10-16-17-14(19)9-18(3)8-12-5-4-6-13(7-12)15(20)21/h4-7,10-11H,8-9H2,1-3H3,(H,20,21). The van der Waals surface area contributed by atoms with Gasteiger partial charge in [0.15, 0.2) is 0 Å². The second-order valence-corrected chi connectivity index (χ2v) is 5.43. The summed E-state index contributed by atoms with van der Waals surface area (Å²) in [6, 6.07) is 7.31. The Kier molecular flexibility index (Phi) is 4.70. The summed E-state index contributed by atoms with van der Waals surface area (Å²) in [5.74, 6) is 0.000873. The molecular weight excluding hydrogens is 268 g/mol. The second kappa shape index (κ2) is 6.49.